The maximum Gasteiger partial charge on any atom is 0.389 e. The highest BCUT2D eigenvalue weighted by atomic mass is 35.5. The van der Waals surface area contributed by atoms with Crippen molar-refractivity contribution in [1.29, 1.82) is 5.26 Å². The van der Waals surface area contributed by atoms with Gasteiger partial charge in [0.25, 0.3) is 5.88 Å². The summed E-state index contributed by atoms with van der Waals surface area (Å²) >= 11 is 13.4. The number of hydrogen-bond acceptors (Lipinski definition) is 21. The first-order chi connectivity index (χ1) is 36.3. The van der Waals surface area contributed by atoms with Crippen LogP contribution in [0.2, 0.25) is 10.0 Å². The topological polar surface area (TPSA) is 291 Å². The van der Waals surface area contributed by atoms with Crippen molar-refractivity contribution in [3.05, 3.63) is 87.1 Å². The third kappa shape index (κ3) is 15.4. The molecule has 0 aliphatic carbocycles. The van der Waals surface area contributed by atoms with E-state index in [1.165, 1.54) is 47.6 Å². The maximum absolute atomic E-state index is 14.8. The van der Waals surface area contributed by atoms with E-state index < -0.39 is 86.3 Å². The van der Waals surface area contributed by atoms with E-state index >= 15 is 0 Å². The number of anilines is 1. The first-order valence-corrected chi connectivity index (χ1v) is 27.8. The Balaban J connectivity index is 1.14. The van der Waals surface area contributed by atoms with Gasteiger partial charge < -0.3 is 38.0 Å². The second-order valence-electron chi connectivity index (χ2n) is 17.8. The van der Waals surface area contributed by atoms with Crippen LogP contribution in [0.1, 0.15) is 90.7 Å². The summed E-state index contributed by atoms with van der Waals surface area (Å²) in [7, 11) is 0. The van der Waals surface area contributed by atoms with E-state index in [2.05, 4.69) is 25.3 Å². The number of para-hydroxylation sites is 1. The van der Waals surface area contributed by atoms with E-state index in [0.29, 0.717) is 27.7 Å². The van der Waals surface area contributed by atoms with E-state index in [0.717, 1.165) is 0 Å². The predicted octanol–water partition coefficient (Wildman–Crippen LogP) is 8.80. The number of amides is 1. The standard InChI is InChI=1S/C49H53Cl2N8O15PS/c1-27(2)45(64)55-48-54-44-43(47(56-48)74-34-20-31(50)14-15-33(34)51)53-26-59(44)40-22-36(73-42(63)17-13-30(5)61)38(71-40)25-68-75(66,76-19-9-18-52)67-24-37-35(72-41(62)16-12-29(4)60)21-39(70-37)58-23-28(3)46(57-49(58)65)69-32-10-7-6-8-11-32/h6-8,10-11,14-15,20,23,26-27,35-40H,9,12-13,16-17,19,21-22,24-25H2,1-5H3,(H,54,55,56,64)/t35-,36-,37+,38+,39+,40+,75?/m0/s1. The number of nitrogens with one attached hydrogen (secondary N) is 1. The molecule has 0 spiro atoms. The van der Waals surface area contributed by atoms with E-state index in [1.807, 2.05) is 6.07 Å². The van der Waals surface area contributed by atoms with Crippen molar-refractivity contribution in [2.24, 2.45) is 5.92 Å². The van der Waals surface area contributed by atoms with E-state index in [4.69, 9.17) is 60.7 Å². The number of benzene rings is 2. The van der Waals surface area contributed by atoms with Gasteiger partial charge in [0.05, 0.1) is 43.5 Å². The zero-order valence-electron chi connectivity index (χ0n) is 41.8. The van der Waals surface area contributed by atoms with Gasteiger partial charge in [-0.2, -0.15) is 20.2 Å². The number of nitriles is 1. The van der Waals surface area contributed by atoms with Gasteiger partial charge in [-0.15, -0.1) is 0 Å². The van der Waals surface area contributed by atoms with Gasteiger partial charge in [0.1, 0.15) is 59.9 Å². The Bertz CT molecular complexity index is 3100. The molecular weight excluding hydrogens is 1070 g/mol. The molecule has 2 saturated heterocycles. The van der Waals surface area contributed by atoms with Crippen molar-refractivity contribution in [3.8, 4) is 29.3 Å². The fourth-order valence-corrected chi connectivity index (χ4v) is 10.9. The van der Waals surface area contributed by atoms with Crippen LogP contribution in [0.15, 0.2) is 65.8 Å². The molecule has 27 heteroatoms. The SMILES string of the molecule is CC(=O)CCC(=O)O[C@H]1C[C@H](n2cc(C)c(Oc3ccccc3)nc2=O)O[C@@H]1COP(=O)(OC[C@H]1O[C@@H](n2cnc3c(Oc4cc(Cl)ccc4Cl)nc(NC(=O)C(C)C)nc32)C[C@@H]1OC(=O)CCC(C)=O)SCCC#N. The van der Waals surface area contributed by atoms with Crippen LogP contribution in [-0.2, 0) is 56.5 Å². The molecule has 5 heterocycles. The fourth-order valence-electron chi connectivity index (χ4n) is 7.55. The summed E-state index contributed by atoms with van der Waals surface area (Å²) in [6, 6.07) is 15.3. The summed E-state index contributed by atoms with van der Waals surface area (Å²) < 4.78 is 65.8. The molecule has 3 aromatic heterocycles. The molecule has 0 radical (unpaired) electrons. The number of esters is 2. The molecule has 7 atom stereocenters. The molecule has 1 unspecified atom stereocenters. The molecule has 2 aromatic carbocycles. The lowest BCUT2D eigenvalue weighted by Crippen LogP contribution is -2.32. The predicted molar refractivity (Wildman–Crippen MR) is 274 cm³/mol. The molecule has 0 saturated carbocycles. The van der Waals surface area contributed by atoms with Crippen molar-refractivity contribution in [2.75, 3.05) is 24.3 Å². The van der Waals surface area contributed by atoms with Gasteiger partial charge in [-0.05, 0) is 56.4 Å². The van der Waals surface area contributed by atoms with Crippen LogP contribution in [0, 0.1) is 24.2 Å². The second kappa shape index (κ2) is 26.2. The lowest BCUT2D eigenvalue weighted by atomic mass is 10.1. The minimum Gasteiger partial charge on any atom is -0.459 e. The number of hydrogen-bond donors (Lipinski definition) is 1. The highest BCUT2D eigenvalue weighted by Gasteiger charge is 2.44. The van der Waals surface area contributed by atoms with Gasteiger partial charge in [-0.1, -0.05) is 55.2 Å². The number of Topliss-reactive ketones (excluding diaryl/α,β-unsaturated/α-hetero) is 2. The number of ether oxygens (including phenoxy) is 6. The molecule has 2 fully saturated rings. The highest BCUT2D eigenvalue weighted by molar-refractivity contribution is 8.55. The summed E-state index contributed by atoms with van der Waals surface area (Å²) in [4.78, 5) is 93.7. The lowest BCUT2D eigenvalue weighted by molar-refractivity contribution is -0.153. The Labute approximate surface area is 449 Å². The Morgan fingerprint density at radius 1 is 0.855 bits per heavy atom. The van der Waals surface area contributed by atoms with Crippen molar-refractivity contribution in [2.45, 2.75) is 116 Å². The zero-order chi connectivity index (χ0) is 54.7. The molecule has 7 rings (SSSR count). The smallest absolute Gasteiger partial charge is 0.389 e. The first kappa shape index (κ1) is 57.4. The summed E-state index contributed by atoms with van der Waals surface area (Å²) in [6.45, 7) is 2.28. The van der Waals surface area contributed by atoms with Crippen LogP contribution >= 0.6 is 41.4 Å². The summed E-state index contributed by atoms with van der Waals surface area (Å²) in [6.07, 6.45) is -4.65. The van der Waals surface area contributed by atoms with Gasteiger partial charge >= 0.3 is 24.4 Å². The largest absolute Gasteiger partial charge is 0.459 e. The Hall–Kier alpha value is -6.29. The van der Waals surface area contributed by atoms with Crippen LogP contribution in [-0.4, -0.2) is 102 Å². The number of aryl methyl sites for hydroxylation is 1. The second-order valence-corrected chi connectivity index (χ2v) is 22.8. The number of aromatic nitrogens is 6. The minimum atomic E-state index is -4.35. The van der Waals surface area contributed by atoms with Crippen LogP contribution in [0.5, 0.6) is 23.3 Å². The van der Waals surface area contributed by atoms with Gasteiger partial charge in [-0.3, -0.25) is 37.9 Å². The quantitative estimate of drug-likeness (QED) is 0.0324. The molecule has 404 valence electrons. The average molecular weight is 1130 g/mol. The summed E-state index contributed by atoms with van der Waals surface area (Å²) in [5.41, 5.74) is -0.0659. The number of nitrogens with zero attached hydrogens (tertiary/aromatic N) is 7. The first-order valence-electron chi connectivity index (χ1n) is 23.9. The Kier molecular flexibility index (Phi) is 19.8. The third-order valence-electron chi connectivity index (χ3n) is 11.5. The summed E-state index contributed by atoms with van der Waals surface area (Å²) in [5.74, 6) is -2.49. The molecule has 0 bridgehead atoms. The van der Waals surface area contributed by atoms with Crippen LogP contribution in [0.25, 0.3) is 11.2 Å². The Morgan fingerprint density at radius 3 is 2.07 bits per heavy atom. The van der Waals surface area contributed by atoms with Crippen molar-refractivity contribution in [1.82, 2.24) is 29.1 Å². The van der Waals surface area contributed by atoms with Gasteiger partial charge in [0.2, 0.25) is 17.7 Å². The number of fused-ring (bicyclic) bond motifs is 1. The number of halogens is 2. The molecular formula is C49H53Cl2N8O15PS. The van der Waals surface area contributed by atoms with Crippen LogP contribution < -0.4 is 20.5 Å². The normalized spacial score (nSPS) is 19.9. The monoisotopic (exact) mass is 1130 g/mol. The van der Waals surface area contributed by atoms with E-state index in [1.54, 1.807) is 57.2 Å². The fraction of sp³-hybridized carbons (Fsp3) is 0.449. The van der Waals surface area contributed by atoms with E-state index in [-0.39, 0.29) is 102 Å². The maximum atomic E-state index is 14.8. The molecule has 23 nitrogen and oxygen atoms in total. The van der Waals surface area contributed by atoms with E-state index in [9.17, 15) is 38.6 Å². The minimum absolute atomic E-state index is 0.0258. The number of rotatable bonds is 25. The molecule has 1 N–H and O–H groups in total. The zero-order valence-corrected chi connectivity index (χ0v) is 45.0. The molecule has 1 amide bonds. The molecule has 76 heavy (non-hydrogen) atoms. The van der Waals surface area contributed by atoms with Gasteiger partial charge in [0, 0.05) is 66.6 Å². The van der Waals surface area contributed by atoms with Crippen LogP contribution in [0.4, 0.5) is 5.95 Å². The average Bonchev–Trinajstić information content (AvgIpc) is 4.12. The number of carbonyl (C=O) groups excluding carboxylic acids is 5. The highest BCUT2D eigenvalue weighted by Crippen LogP contribution is 2.61. The Morgan fingerprint density at radius 2 is 1.47 bits per heavy atom. The molecule has 5 aromatic rings. The third-order valence-corrected chi connectivity index (χ3v) is 15.8. The van der Waals surface area contributed by atoms with Gasteiger partial charge in [0.15, 0.2) is 11.2 Å². The van der Waals surface area contributed by atoms with Gasteiger partial charge in [-0.25, -0.2) is 14.3 Å². The summed E-state index contributed by atoms with van der Waals surface area (Å²) in [5, 5.41) is 12.6. The lowest BCUT2D eigenvalue weighted by Gasteiger charge is -2.25. The van der Waals surface area contributed by atoms with Crippen molar-refractivity contribution in [3.63, 3.8) is 0 Å². The van der Waals surface area contributed by atoms with Crippen molar-refractivity contribution >= 4 is 87.9 Å². The molecule has 2 aliphatic rings. The number of imidazole rings is 1. The number of ketones is 2. The molecule has 2 aliphatic heterocycles. The van der Waals surface area contributed by atoms with Crippen LogP contribution in [0.3, 0.4) is 0 Å². The number of carbonyl (C=O) groups is 5. The van der Waals surface area contributed by atoms with Crippen molar-refractivity contribution < 1.29 is 66.0 Å².